The predicted octanol–water partition coefficient (Wildman–Crippen LogP) is 2.97. The van der Waals surface area contributed by atoms with Gasteiger partial charge in [-0.05, 0) is 24.6 Å². The van der Waals surface area contributed by atoms with E-state index in [1.165, 1.54) is 0 Å². The number of nitrogens with one attached hydrogen (secondary N) is 1. The number of hydrogen-bond acceptors (Lipinski definition) is 4. The highest BCUT2D eigenvalue weighted by molar-refractivity contribution is 5.64. The maximum atomic E-state index is 5.32. The van der Waals surface area contributed by atoms with Gasteiger partial charge in [0.05, 0.1) is 12.7 Å². The minimum absolute atomic E-state index is 0.675. The van der Waals surface area contributed by atoms with E-state index in [1.807, 2.05) is 30.3 Å². The maximum Gasteiger partial charge on any atom is 0.165 e. The lowest BCUT2D eigenvalue weighted by Crippen LogP contribution is -2.03. The van der Waals surface area contributed by atoms with Crippen molar-refractivity contribution >= 4 is 5.82 Å². The van der Waals surface area contributed by atoms with Gasteiger partial charge >= 0.3 is 0 Å². The Morgan fingerprint density at radius 3 is 2.83 bits per heavy atom. The molecule has 2 aromatic rings. The molecule has 2 rings (SSSR count). The molecule has 0 atom stereocenters. The molecule has 4 nitrogen and oxygen atoms in total. The molecule has 0 unspecified atom stereocenters. The SMILES string of the molecule is CCCNc1ccnc(-c2ccccc2OC)n1. The van der Waals surface area contributed by atoms with Gasteiger partial charge in [0.15, 0.2) is 5.82 Å². The van der Waals surface area contributed by atoms with Crippen molar-refractivity contribution in [3.05, 3.63) is 36.5 Å². The van der Waals surface area contributed by atoms with E-state index >= 15 is 0 Å². The van der Waals surface area contributed by atoms with Crippen LogP contribution >= 0.6 is 0 Å². The van der Waals surface area contributed by atoms with E-state index in [9.17, 15) is 0 Å². The summed E-state index contributed by atoms with van der Waals surface area (Å²) in [6.45, 7) is 3.03. The van der Waals surface area contributed by atoms with Gasteiger partial charge in [0.2, 0.25) is 0 Å². The number of aromatic nitrogens is 2. The predicted molar refractivity (Wildman–Crippen MR) is 72.8 cm³/mol. The Hall–Kier alpha value is -2.10. The number of para-hydroxylation sites is 1. The normalized spacial score (nSPS) is 10.1. The van der Waals surface area contributed by atoms with Gasteiger partial charge in [-0.1, -0.05) is 19.1 Å². The third kappa shape index (κ3) is 2.77. The second-order valence-electron chi connectivity index (χ2n) is 3.89. The fourth-order valence-electron chi connectivity index (χ4n) is 1.67. The number of rotatable bonds is 5. The van der Waals surface area contributed by atoms with Gasteiger partial charge < -0.3 is 10.1 Å². The van der Waals surface area contributed by atoms with Crippen molar-refractivity contribution in [1.82, 2.24) is 9.97 Å². The topological polar surface area (TPSA) is 47.0 Å². The number of nitrogens with zero attached hydrogens (tertiary/aromatic N) is 2. The molecule has 0 fully saturated rings. The van der Waals surface area contributed by atoms with Crippen molar-refractivity contribution in [2.45, 2.75) is 13.3 Å². The van der Waals surface area contributed by atoms with Crippen LogP contribution in [0.2, 0.25) is 0 Å². The first-order chi connectivity index (χ1) is 8.85. The van der Waals surface area contributed by atoms with E-state index in [1.54, 1.807) is 13.3 Å². The largest absolute Gasteiger partial charge is 0.496 e. The number of hydrogen-bond donors (Lipinski definition) is 1. The Morgan fingerprint density at radius 1 is 1.22 bits per heavy atom. The molecule has 1 N–H and O–H groups in total. The molecule has 18 heavy (non-hydrogen) atoms. The summed E-state index contributed by atoms with van der Waals surface area (Å²) in [5.74, 6) is 2.30. The molecule has 0 aliphatic heterocycles. The lowest BCUT2D eigenvalue weighted by molar-refractivity contribution is 0.416. The van der Waals surface area contributed by atoms with Crippen LogP contribution in [0.25, 0.3) is 11.4 Å². The molecule has 0 bridgehead atoms. The van der Waals surface area contributed by atoms with Gasteiger partial charge in [-0.3, -0.25) is 0 Å². The van der Waals surface area contributed by atoms with Crippen LogP contribution in [0.15, 0.2) is 36.5 Å². The summed E-state index contributed by atoms with van der Waals surface area (Å²) in [4.78, 5) is 8.78. The van der Waals surface area contributed by atoms with Crippen molar-refractivity contribution < 1.29 is 4.74 Å². The van der Waals surface area contributed by atoms with Crippen LogP contribution < -0.4 is 10.1 Å². The van der Waals surface area contributed by atoms with Crippen LogP contribution in [-0.4, -0.2) is 23.6 Å². The molecule has 0 amide bonds. The van der Waals surface area contributed by atoms with E-state index in [0.29, 0.717) is 5.82 Å². The van der Waals surface area contributed by atoms with E-state index in [4.69, 9.17) is 4.74 Å². The second-order valence-corrected chi connectivity index (χ2v) is 3.89. The average molecular weight is 243 g/mol. The molecule has 0 radical (unpaired) electrons. The number of ether oxygens (including phenoxy) is 1. The Bertz CT molecular complexity index is 514. The van der Waals surface area contributed by atoms with Crippen molar-refractivity contribution in [1.29, 1.82) is 0 Å². The molecular weight excluding hydrogens is 226 g/mol. The van der Waals surface area contributed by atoms with Crippen LogP contribution in [0.5, 0.6) is 5.75 Å². The Kier molecular flexibility index (Phi) is 4.12. The molecule has 1 aromatic heterocycles. The maximum absolute atomic E-state index is 5.32. The van der Waals surface area contributed by atoms with E-state index in [0.717, 1.165) is 30.1 Å². The molecule has 1 heterocycles. The standard InChI is InChI=1S/C14H17N3O/c1-3-9-15-13-8-10-16-14(17-13)11-6-4-5-7-12(11)18-2/h4-8,10H,3,9H2,1-2H3,(H,15,16,17). The van der Waals surface area contributed by atoms with E-state index < -0.39 is 0 Å². The first-order valence-corrected chi connectivity index (χ1v) is 6.05. The highest BCUT2D eigenvalue weighted by Crippen LogP contribution is 2.26. The summed E-state index contributed by atoms with van der Waals surface area (Å²) in [6, 6.07) is 9.62. The summed E-state index contributed by atoms with van der Waals surface area (Å²) in [7, 11) is 1.65. The first-order valence-electron chi connectivity index (χ1n) is 6.05. The molecule has 0 aliphatic rings. The van der Waals surface area contributed by atoms with Gasteiger partial charge in [0.1, 0.15) is 11.6 Å². The molecule has 0 spiro atoms. The van der Waals surface area contributed by atoms with Gasteiger partial charge in [-0.2, -0.15) is 0 Å². The summed E-state index contributed by atoms with van der Waals surface area (Å²) >= 11 is 0. The Balaban J connectivity index is 2.32. The third-order valence-corrected chi connectivity index (χ3v) is 2.56. The van der Waals surface area contributed by atoms with Crippen molar-refractivity contribution in [3.8, 4) is 17.1 Å². The Labute approximate surface area is 107 Å². The van der Waals surface area contributed by atoms with Gasteiger partial charge in [0, 0.05) is 12.7 Å². The third-order valence-electron chi connectivity index (χ3n) is 2.56. The van der Waals surface area contributed by atoms with Crippen LogP contribution in [0, 0.1) is 0 Å². The first kappa shape index (κ1) is 12.4. The molecular formula is C14H17N3O. The molecule has 4 heteroatoms. The molecule has 0 aliphatic carbocycles. The smallest absolute Gasteiger partial charge is 0.165 e. The van der Waals surface area contributed by atoms with Crippen molar-refractivity contribution in [2.75, 3.05) is 19.0 Å². The highest BCUT2D eigenvalue weighted by atomic mass is 16.5. The van der Waals surface area contributed by atoms with Crippen LogP contribution in [-0.2, 0) is 0 Å². The van der Waals surface area contributed by atoms with Crippen molar-refractivity contribution in [3.63, 3.8) is 0 Å². The number of methoxy groups -OCH3 is 1. The average Bonchev–Trinajstić information content (AvgIpc) is 2.45. The molecule has 0 saturated heterocycles. The fourth-order valence-corrected chi connectivity index (χ4v) is 1.67. The minimum Gasteiger partial charge on any atom is -0.496 e. The number of anilines is 1. The zero-order valence-electron chi connectivity index (χ0n) is 10.7. The van der Waals surface area contributed by atoms with Gasteiger partial charge in [-0.25, -0.2) is 9.97 Å². The van der Waals surface area contributed by atoms with Crippen molar-refractivity contribution in [2.24, 2.45) is 0 Å². The number of benzene rings is 1. The quantitative estimate of drug-likeness (QED) is 0.877. The zero-order chi connectivity index (χ0) is 12.8. The molecule has 0 saturated carbocycles. The summed E-state index contributed by atoms with van der Waals surface area (Å²) < 4.78 is 5.32. The van der Waals surface area contributed by atoms with Crippen LogP contribution in [0.4, 0.5) is 5.82 Å². The van der Waals surface area contributed by atoms with Crippen LogP contribution in [0.1, 0.15) is 13.3 Å². The van der Waals surface area contributed by atoms with E-state index in [-0.39, 0.29) is 0 Å². The van der Waals surface area contributed by atoms with E-state index in [2.05, 4.69) is 22.2 Å². The van der Waals surface area contributed by atoms with Gasteiger partial charge in [0.25, 0.3) is 0 Å². The monoisotopic (exact) mass is 243 g/mol. The zero-order valence-corrected chi connectivity index (χ0v) is 10.7. The Morgan fingerprint density at radius 2 is 2.06 bits per heavy atom. The second kappa shape index (κ2) is 6.00. The highest BCUT2D eigenvalue weighted by Gasteiger charge is 2.07. The fraction of sp³-hybridized carbons (Fsp3) is 0.286. The summed E-state index contributed by atoms with van der Waals surface area (Å²) in [5.41, 5.74) is 0.903. The van der Waals surface area contributed by atoms with Crippen LogP contribution in [0.3, 0.4) is 0 Å². The minimum atomic E-state index is 0.675. The summed E-state index contributed by atoms with van der Waals surface area (Å²) in [5, 5.41) is 3.25. The van der Waals surface area contributed by atoms with Gasteiger partial charge in [-0.15, -0.1) is 0 Å². The lowest BCUT2D eigenvalue weighted by Gasteiger charge is -2.08. The summed E-state index contributed by atoms with van der Waals surface area (Å²) in [6.07, 6.45) is 2.82. The molecule has 1 aromatic carbocycles. The lowest BCUT2D eigenvalue weighted by atomic mass is 10.2. The molecule has 94 valence electrons.